The van der Waals surface area contributed by atoms with E-state index in [-0.39, 0.29) is 12.7 Å². The molecule has 0 saturated carbocycles. The summed E-state index contributed by atoms with van der Waals surface area (Å²) in [5.74, 6) is 0.325. The first-order chi connectivity index (χ1) is 9.22. The first-order valence-electron chi connectivity index (χ1n) is 6.19. The quantitative estimate of drug-likeness (QED) is 0.805. The Morgan fingerprint density at radius 3 is 2.53 bits per heavy atom. The fraction of sp³-hybridized carbons (Fsp3) is 0.462. The lowest BCUT2D eigenvalue weighted by Crippen LogP contribution is -2.49. The van der Waals surface area contributed by atoms with Gasteiger partial charge in [-0.05, 0) is 12.1 Å². The highest BCUT2D eigenvalue weighted by Crippen LogP contribution is 2.26. The molecular formula is C13H16Cl2N2O2. The predicted octanol–water partition coefficient (Wildman–Crippen LogP) is 2.84. The maximum atomic E-state index is 11.7. The van der Waals surface area contributed by atoms with Crippen LogP contribution in [0, 0.1) is 0 Å². The number of carbonyl (C=O) groups is 1. The van der Waals surface area contributed by atoms with Crippen LogP contribution in [0.1, 0.15) is 0 Å². The molecule has 1 heterocycles. The highest BCUT2D eigenvalue weighted by molar-refractivity contribution is 6.33. The van der Waals surface area contributed by atoms with Crippen LogP contribution >= 0.6 is 23.2 Å². The van der Waals surface area contributed by atoms with Gasteiger partial charge in [-0.2, -0.15) is 0 Å². The van der Waals surface area contributed by atoms with Gasteiger partial charge in [-0.1, -0.05) is 23.7 Å². The van der Waals surface area contributed by atoms with Crippen molar-refractivity contribution in [2.45, 2.75) is 0 Å². The number of carbonyl (C=O) groups excluding carboxylic acids is 1. The lowest BCUT2D eigenvalue weighted by molar-refractivity contribution is 0.105. The summed E-state index contributed by atoms with van der Waals surface area (Å²) in [6, 6.07) is 7.73. The summed E-state index contributed by atoms with van der Waals surface area (Å²) >= 11 is 11.6. The minimum atomic E-state index is -0.292. The summed E-state index contributed by atoms with van der Waals surface area (Å²) in [6.45, 7) is 3.02. The molecule has 0 atom stereocenters. The van der Waals surface area contributed by atoms with Crippen LogP contribution in [-0.2, 0) is 4.74 Å². The van der Waals surface area contributed by atoms with E-state index in [2.05, 4.69) is 4.90 Å². The smallest absolute Gasteiger partial charge is 0.409 e. The Hall–Kier alpha value is -1.13. The van der Waals surface area contributed by atoms with Crippen molar-refractivity contribution in [3.8, 4) is 0 Å². The number of amides is 1. The van der Waals surface area contributed by atoms with Crippen LogP contribution in [0.15, 0.2) is 24.3 Å². The van der Waals surface area contributed by atoms with Gasteiger partial charge >= 0.3 is 6.09 Å². The van der Waals surface area contributed by atoms with Crippen molar-refractivity contribution < 1.29 is 9.53 Å². The summed E-state index contributed by atoms with van der Waals surface area (Å²) in [4.78, 5) is 15.5. The Morgan fingerprint density at radius 2 is 1.89 bits per heavy atom. The molecule has 0 spiro atoms. The van der Waals surface area contributed by atoms with Crippen molar-refractivity contribution in [3.63, 3.8) is 0 Å². The average molecular weight is 303 g/mol. The van der Waals surface area contributed by atoms with Gasteiger partial charge < -0.3 is 14.5 Å². The van der Waals surface area contributed by atoms with Gasteiger partial charge in [-0.25, -0.2) is 4.79 Å². The number of rotatable bonds is 3. The molecule has 1 saturated heterocycles. The third kappa shape index (κ3) is 3.67. The average Bonchev–Trinajstić information content (AvgIpc) is 2.45. The molecule has 1 aromatic carbocycles. The Morgan fingerprint density at radius 1 is 1.21 bits per heavy atom. The van der Waals surface area contributed by atoms with Crippen molar-refractivity contribution in [2.75, 3.05) is 43.6 Å². The number of hydrogen-bond donors (Lipinski definition) is 0. The molecule has 1 aliphatic rings. The van der Waals surface area contributed by atoms with Crippen LogP contribution < -0.4 is 4.90 Å². The SMILES string of the molecule is O=C(OCCCl)N1CCN(c2ccccc2Cl)CC1. The number of halogens is 2. The summed E-state index contributed by atoms with van der Waals surface area (Å²) in [5, 5.41) is 0.737. The molecule has 0 N–H and O–H groups in total. The highest BCUT2D eigenvalue weighted by Gasteiger charge is 2.22. The standard InChI is InChI=1S/C13H16Cl2N2O2/c14-5-10-19-13(18)17-8-6-16(7-9-17)12-4-2-1-3-11(12)15/h1-4H,5-10H2. The Bertz CT molecular complexity index is 434. The third-order valence-corrected chi connectivity index (χ3v) is 3.51. The molecule has 1 aromatic rings. The minimum Gasteiger partial charge on any atom is -0.448 e. The van der Waals surface area contributed by atoms with E-state index in [0.717, 1.165) is 23.8 Å². The van der Waals surface area contributed by atoms with Crippen molar-refractivity contribution in [2.24, 2.45) is 0 Å². The summed E-state index contributed by atoms with van der Waals surface area (Å²) < 4.78 is 5.01. The third-order valence-electron chi connectivity index (χ3n) is 3.03. The number of alkyl halides is 1. The first-order valence-corrected chi connectivity index (χ1v) is 7.11. The van der Waals surface area contributed by atoms with Gasteiger partial charge in [0.1, 0.15) is 6.61 Å². The van der Waals surface area contributed by atoms with E-state index < -0.39 is 0 Å². The highest BCUT2D eigenvalue weighted by atomic mass is 35.5. The van der Waals surface area contributed by atoms with Gasteiger partial charge in [0.2, 0.25) is 0 Å². The maximum absolute atomic E-state index is 11.7. The molecule has 1 fully saturated rings. The van der Waals surface area contributed by atoms with Gasteiger partial charge in [0.25, 0.3) is 0 Å². The molecule has 2 rings (SSSR count). The lowest BCUT2D eigenvalue weighted by atomic mass is 10.2. The predicted molar refractivity (Wildman–Crippen MR) is 77.3 cm³/mol. The minimum absolute atomic E-state index is 0.255. The van der Waals surface area contributed by atoms with Crippen LogP contribution in [0.5, 0.6) is 0 Å². The van der Waals surface area contributed by atoms with Gasteiger partial charge in [-0.3, -0.25) is 0 Å². The van der Waals surface area contributed by atoms with Crippen LogP contribution in [0.25, 0.3) is 0 Å². The lowest BCUT2D eigenvalue weighted by Gasteiger charge is -2.35. The van der Waals surface area contributed by atoms with Gasteiger partial charge in [0, 0.05) is 26.2 Å². The van der Waals surface area contributed by atoms with Crippen LogP contribution in [0.4, 0.5) is 10.5 Å². The number of hydrogen-bond acceptors (Lipinski definition) is 3. The number of para-hydroxylation sites is 1. The fourth-order valence-corrected chi connectivity index (χ4v) is 2.39. The maximum Gasteiger partial charge on any atom is 0.409 e. The molecule has 104 valence electrons. The fourth-order valence-electron chi connectivity index (χ4n) is 2.06. The van der Waals surface area contributed by atoms with E-state index in [4.69, 9.17) is 27.9 Å². The number of ether oxygens (including phenoxy) is 1. The van der Waals surface area contributed by atoms with E-state index in [0.29, 0.717) is 19.0 Å². The van der Waals surface area contributed by atoms with E-state index in [9.17, 15) is 4.79 Å². The van der Waals surface area contributed by atoms with Crippen molar-refractivity contribution in [3.05, 3.63) is 29.3 Å². The monoisotopic (exact) mass is 302 g/mol. The van der Waals surface area contributed by atoms with Crippen LogP contribution in [0.3, 0.4) is 0 Å². The van der Waals surface area contributed by atoms with Crippen LogP contribution in [0.2, 0.25) is 5.02 Å². The van der Waals surface area contributed by atoms with Gasteiger partial charge in [0.15, 0.2) is 0 Å². The van der Waals surface area contributed by atoms with Crippen LogP contribution in [-0.4, -0.2) is 49.7 Å². The van der Waals surface area contributed by atoms with E-state index >= 15 is 0 Å². The molecule has 1 aliphatic heterocycles. The number of anilines is 1. The van der Waals surface area contributed by atoms with Gasteiger partial charge in [-0.15, -0.1) is 11.6 Å². The zero-order valence-corrected chi connectivity index (χ0v) is 12.0. The molecule has 0 aliphatic carbocycles. The molecular weight excluding hydrogens is 287 g/mol. The van der Waals surface area contributed by atoms with Crippen molar-refractivity contribution in [1.82, 2.24) is 4.90 Å². The Balaban J connectivity index is 1.89. The molecule has 6 heteroatoms. The molecule has 0 aromatic heterocycles. The van der Waals surface area contributed by atoms with Crippen molar-refractivity contribution >= 4 is 35.0 Å². The zero-order chi connectivity index (χ0) is 13.7. The topological polar surface area (TPSA) is 32.8 Å². The second kappa shape index (κ2) is 6.87. The Kier molecular flexibility index (Phi) is 5.16. The molecule has 19 heavy (non-hydrogen) atoms. The van der Waals surface area contributed by atoms with Crippen molar-refractivity contribution in [1.29, 1.82) is 0 Å². The van der Waals surface area contributed by atoms with E-state index in [1.165, 1.54) is 0 Å². The second-order valence-corrected chi connectivity index (χ2v) is 5.01. The van der Waals surface area contributed by atoms with Gasteiger partial charge in [0.05, 0.1) is 16.6 Å². The second-order valence-electron chi connectivity index (χ2n) is 4.23. The zero-order valence-electron chi connectivity index (χ0n) is 10.5. The first kappa shape index (κ1) is 14.3. The normalized spacial score (nSPS) is 15.5. The Labute approximate surface area is 122 Å². The molecule has 0 unspecified atom stereocenters. The summed E-state index contributed by atoms with van der Waals surface area (Å²) in [7, 11) is 0. The number of piperazine rings is 1. The molecule has 0 radical (unpaired) electrons. The molecule has 0 bridgehead atoms. The number of benzene rings is 1. The molecule has 1 amide bonds. The summed E-state index contributed by atoms with van der Waals surface area (Å²) in [5.41, 5.74) is 1.01. The molecule has 4 nitrogen and oxygen atoms in total. The number of nitrogens with zero attached hydrogens (tertiary/aromatic N) is 2. The largest absolute Gasteiger partial charge is 0.448 e. The van der Waals surface area contributed by atoms with E-state index in [1.54, 1.807) is 4.90 Å². The van der Waals surface area contributed by atoms with E-state index in [1.807, 2.05) is 24.3 Å². The summed E-state index contributed by atoms with van der Waals surface area (Å²) in [6.07, 6.45) is -0.292.